The molecule has 0 atom stereocenters. The van der Waals surface area contributed by atoms with Gasteiger partial charge in [-0.1, -0.05) is 30.3 Å². The molecule has 1 aliphatic rings. The van der Waals surface area contributed by atoms with Gasteiger partial charge in [0.25, 0.3) is 0 Å². The Balaban J connectivity index is 1.57. The predicted molar refractivity (Wildman–Crippen MR) is 130 cm³/mol. The van der Waals surface area contributed by atoms with Gasteiger partial charge in [-0.2, -0.15) is 13.2 Å². The van der Waals surface area contributed by atoms with Crippen LogP contribution in [0, 0.1) is 4.77 Å². The summed E-state index contributed by atoms with van der Waals surface area (Å²) in [7, 11) is 1.57. The average molecular weight is 497 g/mol. The molecule has 0 radical (unpaired) electrons. The highest BCUT2D eigenvalue weighted by molar-refractivity contribution is 7.71. The maximum atomic E-state index is 13.4. The molecular formula is C26H23F3N4OS. The lowest BCUT2D eigenvalue weighted by molar-refractivity contribution is -0.137. The summed E-state index contributed by atoms with van der Waals surface area (Å²) in [5.74, 6) is 1.14. The Morgan fingerprint density at radius 1 is 0.971 bits per heavy atom. The SMILES string of the molecule is COc1ccc(-c2nn(CN3CCc4ccccc4C3)c(=S)n2-c2cccc(C(F)(F)F)c2)cc1. The highest BCUT2D eigenvalue weighted by atomic mass is 32.1. The van der Waals surface area contributed by atoms with Gasteiger partial charge in [0.1, 0.15) is 5.75 Å². The fourth-order valence-corrected chi connectivity index (χ4v) is 4.64. The highest BCUT2D eigenvalue weighted by Gasteiger charge is 2.31. The van der Waals surface area contributed by atoms with Crippen LogP contribution >= 0.6 is 12.2 Å². The summed E-state index contributed by atoms with van der Waals surface area (Å²) < 4.78 is 49.2. The van der Waals surface area contributed by atoms with Crippen LogP contribution in [0.3, 0.4) is 0 Å². The van der Waals surface area contributed by atoms with Crippen LogP contribution in [0.15, 0.2) is 72.8 Å². The number of methoxy groups -OCH3 is 1. The monoisotopic (exact) mass is 496 g/mol. The van der Waals surface area contributed by atoms with Gasteiger partial charge in [-0.25, -0.2) is 4.68 Å². The van der Waals surface area contributed by atoms with E-state index in [1.165, 1.54) is 17.2 Å². The van der Waals surface area contributed by atoms with Crippen molar-refractivity contribution in [1.82, 2.24) is 19.2 Å². The second-order valence-electron chi connectivity index (χ2n) is 8.43. The maximum Gasteiger partial charge on any atom is 0.416 e. The van der Waals surface area contributed by atoms with Gasteiger partial charge in [0.05, 0.1) is 25.0 Å². The van der Waals surface area contributed by atoms with Crippen molar-refractivity contribution in [3.8, 4) is 22.8 Å². The zero-order chi connectivity index (χ0) is 24.6. The standard InChI is InChI=1S/C26H23F3N4OS/c1-34-23-11-9-19(10-12-23)24-30-32(17-31-14-13-18-5-2-3-6-20(18)16-31)25(35)33(24)22-8-4-7-21(15-22)26(27,28)29/h2-12,15H,13-14,16-17H2,1H3. The Hall–Kier alpha value is -3.43. The average Bonchev–Trinajstić information content (AvgIpc) is 3.19. The second-order valence-corrected chi connectivity index (χ2v) is 8.80. The predicted octanol–water partition coefficient (Wildman–Crippen LogP) is 6.11. The minimum absolute atomic E-state index is 0.311. The molecule has 0 saturated carbocycles. The molecule has 4 aromatic rings. The fraction of sp³-hybridized carbons (Fsp3) is 0.231. The van der Waals surface area contributed by atoms with Crippen molar-refractivity contribution in [1.29, 1.82) is 0 Å². The van der Waals surface area contributed by atoms with Crippen molar-refractivity contribution in [2.75, 3.05) is 13.7 Å². The number of hydrogen-bond donors (Lipinski definition) is 0. The molecule has 35 heavy (non-hydrogen) atoms. The van der Waals surface area contributed by atoms with Crippen molar-refractivity contribution in [2.24, 2.45) is 0 Å². The molecule has 0 spiro atoms. The van der Waals surface area contributed by atoms with Crippen molar-refractivity contribution in [3.63, 3.8) is 0 Å². The van der Waals surface area contributed by atoms with E-state index in [0.717, 1.165) is 37.2 Å². The van der Waals surface area contributed by atoms with Crippen LogP contribution in [0.2, 0.25) is 0 Å². The van der Waals surface area contributed by atoms with Crippen LogP contribution in [0.4, 0.5) is 13.2 Å². The second kappa shape index (κ2) is 9.31. The number of fused-ring (bicyclic) bond motifs is 1. The van der Waals surface area contributed by atoms with Crippen molar-refractivity contribution < 1.29 is 17.9 Å². The molecule has 5 nitrogen and oxygen atoms in total. The van der Waals surface area contributed by atoms with Crippen molar-refractivity contribution in [3.05, 3.63) is 94.3 Å². The van der Waals surface area contributed by atoms with Gasteiger partial charge in [-0.3, -0.25) is 9.47 Å². The summed E-state index contributed by atoms with van der Waals surface area (Å²) in [6.45, 7) is 2.03. The fourth-order valence-electron chi connectivity index (χ4n) is 4.35. The number of rotatable bonds is 5. The first-order valence-electron chi connectivity index (χ1n) is 11.1. The van der Waals surface area contributed by atoms with E-state index in [4.69, 9.17) is 22.1 Å². The maximum absolute atomic E-state index is 13.4. The zero-order valence-corrected chi connectivity index (χ0v) is 19.8. The van der Waals surface area contributed by atoms with Crippen LogP contribution in [0.5, 0.6) is 5.75 Å². The third-order valence-corrected chi connectivity index (χ3v) is 6.56. The summed E-state index contributed by atoms with van der Waals surface area (Å²) >= 11 is 5.76. The lowest BCUT2D eigenvalue weighted by Crippen LogP contribution is -2.32. The normalized spacial score (nSPS) is 14.1. The van der Waals surface area contributed by atoms with Gasteiger partial charge < -0.3 is 4.74 Å². The summed E-state index contributed by atoms with van der Waals surface area (Å²) in [4.78, 5) is 2.24. The quantitative estimate of drug-likeness (QED) is 0.312. The molecule has 1 aromatic heterocycles. The van der Waals surface area contributed by atoms with E-state index in [0.29, 0.717) is 28.7 Å². The number of alkyl halides is 3. The van der Waals surface area contributed by atoms with Gasteiger partial charge >= 0.3 is 6.18 Å². The minimum atomic E-state index is -4.46. The number of aromatic nitrogens is 3. The molecule has 0 N–H and O–H groups in total. The Morgan fingerprint density at radius 3 is 2.43 bits per heavy atom. The number of halogens is 3. The Morgan fingerprint density at radius 2 is 1.71 bits per heavy atom. The van der Waals surface area contributed by atoms with E-state index >= 15 is 0 Å². The molecule has 2 heterocycles. The Kier molecular flexibility index (Phi) is 6.21. The summed E-state index contributed by atoms with van der Waals surface area (Å²) in [6.07, 6.45) is -3.54. The van der Waals surface area contributed by atoms with E-state index in [9.17, 15) is 13.2 Å². The molecule has 0 fully saturated rings. The number of ether oxygens (including phenoxy) is 1. The van der Waals surface area contributed by atoms with E-state index in [2.05, 4.69) is 17.0 Å². The molecular weight excluding hydrogens is 473 g/mol. The number of benzene rings is 3. The van der Waals surface area contributed by atoms with Crippen LogP contribution in [0.1, 0.15) is 16.7 Å². The molecule has 0 aliphatic carbocycles. The smallest absolute Gasteiger partial charge is 0.416 e. The number of nitrogens with zero attached hydrogens (tertiary/aromatic N) is 4. The molecule has 0 amide bonds. The zero-order valence-electron chi connectivity index (χ0n) is 19.0. The summed E-state index contributed by atoms with van der Waals surface area (Å²) in [5.41, 5.74) is 2.89. The van der Waals surface area contributed by atoms with E-state index in [-0.39, 0.29) is 0 Å². The summed E-state index contributed by atoms with van der Waals surface area (Å²) in [5, 5.41) is 4.77. The van der Waals surface area contributed by atoms with Crippen LogP contribution in [-0.2, 0) is 25.8 Å². The molecule has 0 unspecified atom stereocenters. The molecule has 5 rings (SSSR count). The molecule has 1 aliphatic heterocycles. The lowest BCUT2D eigenvalue weighted by Gasteiger charge is -2.28. The Bertz CT molecular complexity index is 1410. The molecule has 0 bridgehead atoms. The topological polar surface area (TPSA) is 35.2 Å². The minimum Gasteiger partial charge on any atom is -0.497 e. The molecule has 9 heteroatoms. The van der Waals surface area contributed by atoms with Crippen LogP contribution in [0.25, 0.3) is 17.1 Å². The van der Waals surface area contributed by atoms with Crippen LogP contribution in [-0.4, -0.2) is 32.9 Å². The number of hydrogen-bond acceptors (Lipinski definition) is 4. The highest BCUT2D eigenvalue weighted by Crippen LogP contribution is 2.32. The van der Waals surface area contributed by atoms with Gasteiger partial charge in [0.2, 0.25) is 4.77 Å². The largest absolute Gasteiger partial charge is 0.497 e. The third kappa shape index (κ3) is 4.74. The summed E-state index contributed by atoms with van der Waals surface area (Å²) in [6, 6.07) is 20.7. The van der Waals surface area contributed by atoms with Gasteiger partial charge in [0, 0.05) is 18.7 Å². The lowest BCUT2D eigenvalue weighted by atomic mass is 10.0. The first kappa shape index (κ1) is 23.3. The first-order chi connectivity index (χ1) is 16.8. The first-order valence-corrected chi connectivity index (χ1v) is 11.6. The van der Waals surface area contributed by atoms with Gasteiger partial charge in [-0.15, -0.1) is 5.10 Å². The van der Waals surface area contributed by atoms with E-state index in [1.807, 2.05) is 24.3 Å². The molecule has 3 aromatic carbocycles. The van der Waals surface area contributed by atoms with Gasteiger partial charge in [-0.05, 0) is 72.2 Å². The third-order valence-electron chi connectivity index (χ3n) is 6.16. The van der Waals surface area contributed by atoms with Gasteiger partial charge in [0.15, 0.2) is 5.82 Å². The van der Waals surface area contributed by atoms with Crippen molar-refractivity contribution >= 4 is 12.2 Å². The van der Waals surface area contributed by atoms with E-state index < -0.39 is 11.7 Å². The molecule has 180 valence electrons. The van der Waals surface area contributed by atoms with E-state index in [1.54, 1.807) is 34.6 Å². The Labute approximate surface area is 206 Å². The van der Waals surface area contributed by atoms with Crippen LogP contribution < -0.4 is 4.74 Å². The molecule has 0 saturated heterocycles. The van der Waals surface area contributed by atoms with Crippen molar-refractivity contribution in [2.45, 2.75) is 25.8 Å².